The first-order valence-electron chi connectivity index (χ1n) is 7.58. The van der Waals surface area contributed by atoms with E-state index in [1.807, 2.05) is 67.6 Å². The van der Waals surface area contributed by atoms with Gasteiger partial charge in [-0.15, -0.1) is 0 Å². The monoisotopic (exact) mass is 320 g/mol. The second-order valence-corrected chi connectivity index (χ2v) is 5.02. The standard InChI is InChI=1S/C20H20N2O2/c1-16(10-6-7-13-17-11-4-3-5-12-17)21-22-20(23)18-14-8-9-15-19(18)24-2/h3-15H,1-2H3,(H,22,23)/b10-6+,13-7+,21-16-. The van der Waals surface area contributed by atoms with E-state index in [9.17, 15) is 4.79 Å². The van der Waals surface area contributed by atoms with E-state index in [4.69, 9.17) is 4.74 Å². The molecule has 0 saturated carbocycles. The van der Waals surface area contributed by atoms with Crippen LogP contribution < -0.4 is 10.2 Å². The molecule has 0 saturated heterocycles. The molecule has 0 aliphatic carbocycles. The molecule has 2 aromatic carbocycles. The van der Waals surface area contributed by atoms with E-state index in [0.29, 0.717) is 17.0 Å². The Morgan fingerprint density at radius 3 is 2.50 bits per heavy atom. The van der Waals surface area contributed by atoms with Gasteiger partial charge in [-0.3, -0.25) is 4.79 Å². The third-order valence-electron chi connectivity index (χ3n) is 3.22. The lowest BCUT2D eigenvalue weighted by Gasteiger charge is -2.06. The first kappa shape index (κ1) is 17.2. The van der Waals surface area contributed by atoms with E-state index in [0.717, 1.165) is 5.56 Å². The van der Waals surface area contributed by atoms with Crippen molar-refractivity contribution < 1.29 is 9.53 Å². The molecule has 0 aliphatic rings. The number of nitrogens with zero attached hydrogens (tertiary/aromatic N) is 1. The second-order valence-electron chi connectivity index (χ2n) is 5.02. The number of hydrazone groups is 1. The third kappa shape index (κ3) is 5.25. The van der Waals surface area contributed by atoms with Crippen LogP contribution in [0.5, 0.6) is 5.75 Å². The van der Waals surface area contributed by atoms with Gasteiger partial charge >= 0.3 is 0 Å². The number of rotatable bonds is 6. The quantitative estimate of drug-likeness (QED) is 0.495. The smallest absolute Gasteiger partial charge is 0.275 e. The molecule has 4 nitrogen and oxygen atoms in total. The highest BCUT2D eigenvalue weighted by molar-refractivity contribution is 5.99. The summed E-state index contributed by atoms with van der Waals surface area (Å²) in [6.45, 7) is 1.81. The van der Waals surface area contributed by atoms with Crippen molar-refractivity contribution in [3.8, 4) is 5.75 Å². The van der Waals surface area contributed by atoms with Crippen molar-refractivity contribution in [2.24, 2.45) is 5.10 Å². The largest absolute Gasteiger partial charge is 0.496 e. The Labute approximate surface area is 142 Å². The lowest BCUT2D eigenvalue weighted by molar-refractivity contribution is 0.0952. The zero-order valence-electron chi connectivity index (χ0n) is 13.8. The predicted octanol–water partition coefficient (Wildman–Crippen LogP) is 4.07. The van der Waals surface area contributed by atoms with Crippen LogP contribution in [0.2, 0.25) is 0 Å². The van der Waals surface area contributed by atoms with Gasteiger partial charge in [0.1, 0.15) is 5.75 Å². The van der Waals surface area contributed by atoms with Crippen molar-refractivity contribution in [3.63, 3.8) is 0 Å². The van der Waals surface area contributed by atoms with E-state index < -0.39 is 0 Å². The molecule has 2 rings (SSSR count). The number of allylic oxidation sites excluding steroid dienone is 3. The molecular weight excluding hydrogens is 300 g/mol. The fourth-order valence-electron chi connectivity index (χ4n) is 1.99. The minimum atomic E-state index is -0.306. The maximum Gasteiger partial charge on any atom is 0.275 e. The predicted molar refractivity (Wildman–Crippen MR) is 98.2 cm³/mol. The molecule has 0 heterocycles. The summed E-state index contributed by atoms with van der Waals surface area (Å²) in [6, 6.07) is 17.0. The molecular formula is C20H20N2O2. The summed E-state index contributed by atoms with van der Waals surface area (Å²) >= 11 is 0. The lowest BCUT2D eigenvalue weighted by Crippen LogP contribution is -2.19. The Bertz CT molecular complexity index is 762. The van der Waals surface area contributed by atoms with E-state index in [1.54, 1.807) is 18.2 Å². The van der Waals surface area contributed by atoms with E-state index >= 15 is 0 Å². The van der Waals surface area contributed by atoms with Crippen molar-refractivity contribution in [1.29, 1.82) is 0 Å². The number of hydrogen-bond acceptors (Lipinski definition) is 3. The average molecular weight is 320 g/mol. The summed E-state index contributed by atoms with van der Waals surface area (Å²) < 4.78 is 5.16. The molecule has 0 aromatic heterocycles. The number of methoxy groups -OCH3 is 1. The van der Waals surface area contributed by atoms with Crippen LogP contribution in [0.3, 0.4) is 0 Å². The summed E-state index contributed by atoms with van der Waals surface area (Å²) in [4.78, 5) is 12.1. The van der Waals surface area contributed by atoms with Crippen LogP contribution in [0.4, 0.5) is 0 Å². The fraction of sp³-hybridized carbons (Fsp3) is 0.100. The van der Waals surface area contributed by atoms with Crippen LogP contribution in [0, 0.1) is 0 Å². The summed E-state index contributed by atoms with van der Waals surface area (Å²) in [6.07, 6.45) is 7.62. The highest BCUT2D eigenvalue weighted by Gasteiger charge is 2.10. The number of ether oxygens (including phenoxy) is 1. The minimum Gasteiger partial charge on any atom is -0.496 e. The zero-order valence-corrected chi connectivity index (χ0v) is 13.8. The number of carbonyl (C=O) groups excluding carboxylic acids is 1. The molecule has 0 aliphatic heterocycles. The van der Waals surface area contributed by atoms with Crippen LogP contribution in [0.1, 0.15) is 22.8 Å². The van der Waals surface area contributed by atoms with Gasteiger partial charge in [-0.1, -0.05) is 60.7 Å². The highest BCUT2D eigenvalue weighted by Crippen LogP contribution is 2.16. The first-order chi connectivity index (χ1) is 11.7. The molecule has 1 amide bonds. The molecule has 1 N–H and O–H groups in total. The third-order valence-corrected chi connectivity index (χ3v) is 3.22. The Hall–Kier alpha value is -3.14. The maximum atomic E-state index is 12.1. The Morgan fingerprint density at radius 1 is 1.04 bits per heavy atom. The van der Waals surface area contributed by atoms with Gasteiger partial charge in [-0.25, -0.2) is 5.43 Å². The van der Waals surface area contributed by atoms with Gasteiger partial charge in [-0.2, -0.15) is 5.10 Å². The van der Waals surface area contributed by atoms with Gasteiger partial charge in [-0.05, 0) is 30.7 Å². The van der Waals surface area contributed by atoms with Crippen LogP contribution >= 0.6 is 0 Å². The van der Waals surface area contributed by atoms with Crippen molar-refractivity contribution in [2.45, 2.75) is 6.92 Å². The number of carbonyl (C=O) groups is 1. The molecule has 0 radical (unpaired) electrons. The Balaban J connectivity index is 1.92. The molecule has 122 valence electrons. The summed E-state index contributed by atoms with van der Waals surface area (Å²) in [5, 5.41) is 4.06. The first-order valence-corrected chi connectivity index (χ1v) is 7.58. The van der Waals surface area contributed by atoms with Gasteiger partial charge in [0.2, 0.25) is 0 Å². The van der Waals surface area contributed by atoms with Gasteiger partial charge in [0.15, 0.2) is 0 Å². The van der Waals surface area contributed by atoms with E-state index in [2.05, 4.69) is 10.5 Å². The van der Waals surface area contributed by atoms with Crippen molar-refractivity contribution in [2.75, 3.05) is 7.11 Å². The van der Waals surface area contributed by atoms with Crippen molar-refractivity contribution in [3.05, 3.63) is 84.0 Å². The molecule has 24 heavy (non-hydrogen) atoms. The number of benzene rings is 2. The fourth-order valence-corrected chi connectivity index (χ4v) is 1.99. The van der Waals surface area contributed by atoms with Gasteiger partial charge in [0.05, 0.1) is 18.4 Å². The molecule has 0 fully saturated rings. The van der Waals surface area contributed by atoms with E-state index in [-0.39, 0.29) is 5.91 Å². The highest BCUT2D eigenvalue weighted by atomic mass is 16.5. The number of hydrogen-bond donors (Lipinski definition) is 1. The number of para-hydroxylation sites is 1. The van der Waals surface area contributed by atoms with E-state index in [1.165, 1.54) is 7.11 Å². The van der Waals surface area contributed by atoms with Crippen LogP contribution in [-0.4, -0.2) is 18.7 Å². The summed E-state index contributed by atoms with van der Waals surface area (Å²) in [5.41, 5.74) is 4.79. The van der Waals surface area contributed by atoms with Crippen molar-refractivity contribution >= 4 is 17.7 Å². The molecule has 2 aromatic rings. The maximum absolute atomic E-state index is 12.1. The number of nitrogens with one attached hydrogen (secondary N) is 1. The molecule has 0 spiro atoms. The van der Waals surface area contributed by atoms with Crippen LogP contribution in [0.25, 0.3) is 6.08 Å². The van der Waals surface area contributed by atoms with Gasteiger partial charge in [0, 0.05) is 0 Å². The molecule has 0 bridgehead atoms. The van der Waals surface area contributed by atoms with Gasteiger partial charge < -0.3 is 4.74 Å². The summed E-state index contributed by atoms with van der Waals surface area (Å²) in [5.74, 6) is 0.212. The van der Waals surface area contributed by atoms with Crippen LogP contribution in [-0.2, 0) is 0 Å². The molecule has 0 unspecified atom stereocenters. The second kappa shape index (κ2) is 9.10. The van der Waals surface area contributed by atoms with Crippen molar-refractivity contribution in [1.82, 2.24) is 5.43 Å². The average Bonchev–Trinajstić information content (AvgIpc) is 2.64. The normalized spacial score (nSPS) is 11.8. The topological polar surface area (TPSA) is 50.7 Å². The zero-order chi connectivity index (χ0) is 17.2. The minimum absolute atomic E-state index is 0.306. The SMILES string of the molecule is COc1ccccc1C(=O)N\N=C(C)/C=C/C=C/c1ccccc1. The Morgan fingerprint density at radius 2 is 1.75 bits per heavy atom. The number of amides is 1. The van der Waals surface area contributed by atoms with Crippen LogP contribution in [0.15, 0.2) is 77.9 Å². The Kier molecular flexibility index (Phi) is 6.53. The lowest BCUT2D eigenvalue weighted by atomic mass is 10.2. The van der Waals surface area contributed by atoms with Gasteiger partial charge in [0.25, 0.3) is 5.91 Å². The summed E-state index contributed by atoms with van der Waals surface area (Å²) in [7, 11) is 1.53. The molecule has 0 atom stereocenters. The molecule has 4 heteroatoms.